The summed E-state index contributed by atoms with van der Waals surface area (Å²) >= 11 is 5.37. The third-order valence-corrected chi connectivity index (χ3v) is 2.84. The molecule has 92 valence electrons. The number of rotatable bonds is 2. The van der Waals surface area contributed by atoms with E-state index in [0.717, 1.165) is 5.56 Å². The van der Waals surface area contributed by atoms with E-state index in [4.69, 9.17) is 17.3 Å². The Balaban J connectivity index is 3.36. The van der Waals surface area contributed by atoms with Crippen LogP contribution >= 0.6 is 12.2 Å². The van der Waals surface area contributed by atoms with E-state index in [0.29, 0.717) is 4.64 Å². The van der Waals surface area contributed by atoms with Crippen LogP contribution in [0, 0.1) is 4.64 Å². The van der Waals surface area contributed by atoms with Crippen LogP contribution < -0.4 is 0 Å². The first-order chi connectivity index (χ1) is 7.73. The van der Waals surface area contributed by atoms with E-state index >= 15 is 0 Å². The molecule has 1 N–H and O–H groups in total. The molecule has 1 aromatic heterocycles. The minimum atomic E-state index is -0.925. The van der Waals surface area contributed by atoms with Gasteiger partial charge in [-0.1, -0.05) is 18.3 Å². The molecule has 1 heterocycles. The van der Waals surface area contributed by atoms with Crippen molar-refractivity contribution >= 4 is 24.3 Å². The van der Waals surface area contributed by atoms with Gasteiger partial charge >= 0.3 is 5.97 Å². The third-order valence-electron chi connectivity index (χ3n) is 2.41. The van der Waals surface area contributed by atoms with Crippen molar-refractivity contribution in [3.63, 3.8) is 0 Å². The summed E-state index contributed by atoms with van der Waals surface area (Å²) in [6.07, 6.45) is 3.52. The Labute approximate surface area is 106 Å². The number of carbonyl (C=O) groups is 1. The van der Waals surface area contributed by atoms with Crippen molar-refractivity contribution < 1.29 is 9.90 Å². The summed E-state index contributed by atoms with van der Waals surface area (Å²) in [5.74, 6) is -0.925. The van der Waals surface area contributed by atoms with Crippen LogP contribution in [0.2, 0.25) is 0 Å². The molecule has 3 nitrogen and oxygen atoms in total. The van der Waals surface area contributed by atoms with Crippen molar-refractivity contribution in [3.05, 3.63) is 34.1 Å². The highest BCUT2D eigenvalue weighted by atomic mass is 32.1. The zero-order chi connectivity index (χ0) is 13.2. The monoisotopic (exact) mass is 251 g/mol. The predicted molar refractivity (Wildman–Crippen MR) is 71.5 cm³/mol. The number of carboxylic acids is 1. The highest BCUT2D eigenvalue weighted by Gasteiger charge is 2.13. The molecule has 0 aliphatic heterocycles. The fourth-order valence-corrected chi connectivity index (χ4v) is 1.91. The van der Waals surface area contributed by atoms with Crippen molar-refractivity contribution in [2.75, 3.05) is 0 Å². The zero-order valence-electron chi connectivity index (χ0n) is 10.5. The van der Waals surface area contributed by atoms with Gasteiger partial charge in [0.2, 0.25) is 0 Å². The van der Waals surface area contributed by atoms with Crippen molar-refractivity contribution in [2.45, 2.75) is 33.2 Å². The lowest BCUT2D eigenvalue weighted by molar-refractivity contribution is -0.132. The summed E-state index contributed by atoms with van der Waals surface area (Å²) in [4.78, 5) is 10.8. The van der Waals surface area contributed by atoms with E-state index < -0.39 is 5.97 Å². The molecule has 0 aliphatic rings. The summed E-state index contributed by atoms with van der Waals surface area (Å²) in [6.45, 7) is 7.73. The molecule has 17 heavy (non-hydrogen) atoms. The lowest BCUT2D eigenvalue weighted by Crippen LogP contribution is -2.22. The van der Waals surface area contributed by atoms with E-state index in [1.54, 1.807) is 13.0 Å². The maximum absolute atomic E-state index is 10.8. The van der Waals surface area contributed by atoms with Crippen LogP contribution in [-0.4, -0.2) is 15.6 Å². The molecule has 0 radical (unpaired) electrons. The predicted octanol–water partition coefficient (Wildman–Crippen LogP) is 3.46. The quantitative estimate of drug-likeness (QED) is 0.646. The van der Waals surface area contributed by atoms with Gasteiger partial charge in [0.15, 0.2) is 0 Å². The number of carboxylic acid groups (broad SMARTS) is 1. The molecule has 1 rings (SSSR count). The van der Waals surface area contributed by atoms with E-state index in [-0.39, 0.29) is 11.1 Å². The van der Waals surface area contributed by atoms with Gasteiger partial charge in [0.1, 0.15) is 4.64 Å². The van der Waals surface area contributed by atoms with Crippen LogP contribution in [0.5, 0.6) is 0 Å². The van der Waals surface area contributed by atoms with Crippen molar-refractivity contribution in [1.29, 1.82) is 0 Å². The minimum Gasteiger partial charge on any atom is -0.478 e. The molecule has 1 aromatic rings. The Hall–Kier alpha value is -1.42. The molecule has 0 amide bonds. The molecular weight excluding hydrogens is 234 g/mol. The number of hydrogen-bond donors (Lipinski definition) is 1. The summed E-state index contributed by atoms with van der Waals surface area (Å²) in [7, 11) is 0. The largest absolute Gasteiger partial charge is 0.478 e. The number of aliphatic carboxylic acids is 1. The minimum absolute atomic E-state index is 0.113. The highest BCUT2D eigenvalue weighted by molar-refractivity contribution is 7.71. The highest BCUT2D eigenvalue weighted by Crippen LogP contribution is 2.18. The van der Waals surface area contributed by atoms with Gasteiger partial charge in [0.05, 0.1) is 0 Å². The van der Waals surface area contributed by atoms with Crippen LogP contribution in [0.3, 0.4) is 0 Å². The van der Waals surface area contributed by atoms with Crippen LogP contribution in [0.4, 0.5) is 0 Å². The second-order valence-corrected chi connectivity index (χ2v) is 5.33. The summed E-state index contributed by atoms with van der Waals surface area (Å²) in [5.41, 5.74) is 0.929. The van der Waals surface area contributed by atoms with Gasteiger partial charge in [-0.15, -0.1) is 0 Å². The van der Waals surface area contributed by atoms with Crippen LogP contribution in [0.25, 0.3) is 6.08 Å². The number of pyridine rings is 1. The Bertz CT molecular complexity index is 521. The molecule has 0 spiro atoms. The molecular formula is C13H17NO2S. The standard InChI is InChI=1S/C13H17NO2S/c1-9(12(15)16)8-10-6-5-7-14(11(10)17)13(2,3)4/h5-8H,1-4H3,(H,15,16)/b9-8+. The van der Waals surface area contributed by atoms with Crippen LogP contribution in [-0.2, 0) is 10.3 Å². The Kier molecular flexibility index (Phi) is 3.88. The van der Waals surface area contributed by atoms with Gasteiger partial charge in [-0.2, -0.15) is 0 Å². The molecule has 0 aromatic carbocycles. The van der Waals surface area contributed by atoms with Gasteiger partial charge in [-0.25, -0.2) is 4.79 Å². The second-order valence-electron chi connectivity index (χ2n) is 4.94. The third kappa shape index (κ3) is 3.27. The molecule has 0 saturated carbocycles. The molecule has 0 unspecified atom stereocenters. The first-order valence-electron chi connectivity index (χ1n) is 5.37. The Morgan fingerprint density at radius 1 is 1.47 bits per heavy atom. The summed E-state index contributed by atoms with van der Waals surface area (Å²) in [5, 5.41) is 8.85. The van der Waals surface area contributed by atoms with Crippen molar-refractivity contribution in [1.82, 2.24) is 4.57 Å². The normalized spacial score (nSPS) is 12.6. The number of aromatic nitrogens is 1. The van der Waals surface area contributed by atoms with E-state index in [9.17, 15) is 4.79 Å². The maximum Gasteiger partial charge on any atom is 0.331 e. The molecule has 0 atom stereocenters. The maximum atomic E-state index is 10.8. The SMILES string of the molecule is C/C(=C\c1cccn(C(C)(C)C)c1=S)C(=O)O. The van der Waals surface area contributed by atoms with E-state index in [1.807, 2.05) is 22.9 Å². The fourth-order valence-electron chi connectivity index (χ4n) is 1.44. The first kappa shape index (κ1) is 13.6. The van der Waals surface area contributed by atoms with Crippen LogP contribution in [0.15, 0.2) is 23.9 Å². The Morgan fingerprint density at radius 3 is 2.53 bits per heavy atom. The second kappa shape index (κ2) is 4.84. The fraction of sp³-hybridized carbons (Fsp3) is 0.385. The van der Waals surface area contributed by atoms with Gasteiger partial charge in [-0.3, -0.25) is 0 Å². The van der Waals surface area contributed by atoms with Gasteiger partial charge < -0.3 is 9.67 Å². The number of hydrogen-bond acceptors (Lipinski definition) is 2. The lowest BCUT2D eigenvalue weighted by atomic mass is 10.1. The van der Waals surface area contributed by atoms with Crippen molar-refractivity contribution in [2.24, 2.45) is 0 Å². The van der Waals surface area contributed by atoms with Crippen LogP contribution in [0.1, 0.15) is 33.3 Å². The molecule has 0 saturated heterocycles. The molecule has 0 aliphatic carbocycles. The van der Waals surface area contributed by atoms with Crippen molar-refractivity contribution in [3.8, 4) is 0 Å². The first-order valence-corrected chi connectivity index (χ1v) is 5.78. The molecule has 0 fully saturated rings. The molecule has 0 bridgehead atoms. The average Bonchev–Trinajstić information content (AvgIpc) is 2.19. The van der Waals surface area contributed by atoms with E-state index in [2.05, 4.69) is 20.8 Å². The zero-order valence-corrected chi connectivity index (χ0v) is 11.3. The smallest absolute Gasteiger partial charge is 0.331 e. The van der Waals surface area contributed by atoms with E-state index in [1.165, 1.54) is 0 Å². The summed E-state index contributed by atoms with van der Waals surface area (Å²) < 4.78 is 2.61. The summed E-state index contributed by atoms with van der Waals surface area (Å²) in [6, 6.07) is 3.71. The average molecular weight is 251 g/mol. The topological polar surface area (TPSA) is 42.2 Å². The number of nitrogens with zero attached hydrogens (tertiary/aromatic N) is 1. The van der Waals surface area contributed by atoms with Gasteiger partial charge in [0, 0.05) is 22.9 Å². The molecule has 4 heteroatoms. The Morgan fingerprint density at radius 2 is 2.06 bits per heavy atom. The lowest BCUT2D eigenvalue weighted by Gasteiger charge is -2.24. The van der Waals surface area contributed by atoms with Gasteiger partial charge in [0.25, 0.3) is 0 Å². The van der Waals surface area contributed by atoms with Gasteiger partial charge in [-0.05, 0) is 39.8 Å².